The number of hydrogen-bond donors (Lipinski definition) is 1. The summed E-state index contributed by atoms with van der Waals surface area (Å²) >= 11 is 19.7. The molecule has 0 bridgehead atoms. The molecular formula is C31H26Cl3NO4. The minimum atomic E-state index is -0.888. The Labute approximate surface area is 241 Å². The van der Waals surface area contributed by atoms with Crippen LogP contribution in [-0.4, -0.2) is 16.2 Å². The van der Waals surface area contributed by atoms with E-state index in [-0.39, 0.29) is 18.4 Å². The van der Waals surface area contributed by atoms with Crippen LogP contribution >= 0.6 is 34.8 Å². The first-order chi connectivity index (χ1) is 18.7. The highest BCUT2D eigenvalue weighted by molar-refractivity contribution is 6.39. The van der Waals surface area contributed by atoms with Crippen molar-refractivity contribution in [1.82, 2.24) is 5.16 Å². The van der Waals surface area contributed by atoms with Gasteiger partial charge in [-0.1, -0.05) is 64.2 Å². The molecule has 0 amide bonds. The van der Waals surface area contributed by atoms with Crippen molar-refractivity contribution in [2.24, 2.45) is 0 Å². The lowest BCUT2D eigenvalue weighted by Crippen LogP contribution is -2.05. The first-order valence-electron chi connectivity index (χ1n) is 12.9. The second kappa shape index (κ2) is 10.2. The van der Waals surface area contributed by atoms with E-state index in [9.17, 15) is 9.90 Å². The summed E-state index contributed by atoms with van der Waals surface area (Å²) in [5.41, 5.74) is 6.21. The normalized spacial score (nSPS) is 18.3. The molecule has 4 aromatic rings. The highest BCUT2D eigenvalue weighted by Crippen LogP contribution is 2.57. The summed E-state index contributed by atoms with van der Waals surface area (Å²) in [7, 11) is 0. The van der Waals surface area contributed by atoms with Crippen LogP contribution in [0, 0.1) is 13.8 Å². The summed E-state index contributed by atoms with van der Waals surface area (Å²) < 4.78 is 11.9. The molecule has 2 aliphatic rings. The Morgan fingerprint density at radius 1 is 1.00 bits per heavy atom. The van der Waals surface area contributed by atoms with Crippen molar-refractivity contribution in [1.29, 1.82) is 0 Å². The van der Waals surface area contributed by atoms with Crippen LogP contribution in [0.4, 0.5) is 0 Å². The van der Waals surface area contributed by atoms with Crippen molar-refractivity contribution >= 4 is 40.8 Å². The van der Waals surface area contributed by atoms with Crippen LogP contribution in [0.2, 0.25) is 15.1 Å². The molecule has 1 aromatic heterocycles. The number of carboxylic acid groups (broad SMARTS) is 1. The lowest BCUT2D eigenvalue weighted by molar-refractivity contribution is 0.0695. The number of hydrogen-bond acceptors (Lipinski definition) is 4. The van der Waals surface area contributed by atoms with Gasteiger partial charge in [0.1, 0.15) is 23.8 Å². The van der Waals surface area contributed by atoms with E-state index in [1.807, 2.05) is 44.2 Å². The van der Waals surface area contributed by atoms with Gasteiger partial charge in [-0.2, -0.15) is 0 Å². The Morgan fingerprint density at radius 2 is 1.69 bits per heavy atom. The maximum atomic E-state index is 11.8. The van der Waals surface area contributed by atoms with Gasteiger partial charge in [-0.05, 0) is 91.5 Å². The number of benzene rings is 3. The smallest absolute Gasteiger partial charge is 0.336 e. The summed E-state index contributed by atoms with van der Waals surface area (Å²) in [5.74, 6) is 1.38. The third kappa shape index (κ3) is 4.93. The third-order valence-corrected chi connectivity index (χ3v) is 8.80. The van der Waals surface area contributed by atoms with Crippen LogP contribution < -0.4 is 4.74 Å². The number of ether oxygens (including phenoxy) is 1. The van der Waals surface area contributed by atoms with E-state index in [0.717, 1.165) is 52.8 Å². The molecule has 0 radical (unpaired) electrons. The minimum absolute atomic E-state index is 0.239. The maximum Gasteiger partial charge on any atom is 0.336 e. The Morgan fingerprint density at radius 3 is 2.36 bits per heavy atom. The molecule has 8 heteroatoms. The molecule has 0 aliphatic heterocycles. The standard InChI is InChI=1S/C31H26Cl3NO4/c1-15-6-10-19(16(2)27(15)31(36)37)21-13-22(21)20-11-9-18(12-26(20)34)38-14-23-29(35-39-30(23)17-7-8-17)28-24(32)4-3-5-25(28)33/h3-6,9-12,17,21-22H,7-8,13-14H2,1-2H3,(H,36,37). The zero-order chi connectivity index (χ0) is 27.4. The van der Waals surface area contributed by atoms with Crippen LogP contribution in [0.1, 0.15) is 81.0 Å². The van der Waals surface area contributed by atoms with E-state index < -0.39 is 5.97 Å². The van der Waals surface area contributed by atoms with Crippen molar-refractivity contribution in [2.75, 3.05) is 0 Å². The number of carbonyl (C=O) groups is 1. The van der Waals surface area contributed by atoms with Gasteiger partial charge in [0.15, 0.2) is 0 Å². The molecule has 2 fully saturated rings. The Bertz CT molecular complexity index is 1590. The monoisotopic (exact) mass is 581 g/mol. The first-order valence-corrected chi connectivity index (χ1v) is 14.1. The lowest BCUT2D eigenvalue weighted by atomic mass is 9.93. The minimum Gasteiger partial charge on any atom is -0.489 e. The Balaban J connectivity index is 1.22. The van der Waals surface area contributed by atoms with Crippen LogP contribution in [-0.2, 0) is 6.61 Å². The van der Waals surface area contributed by atoms with E-state index in [1.54, 1.807) is 18.2 Å². The predicted molar refractivity (Wildman–Crippen MR) is 153 cm³/mol. The first kappa shape index (κ1) is 26.2. The molecule has 2 saturated carbocycles. The van der Waals surface area contributed by atoms with Crippen LogP contribution in [0.3, 0.4) is 0 Å². The number of rotatable bonds is 8. The molecule has 6 rings (SSSR count). The van der Waals surface area contributed by atoms with Gasteiger partial charge in [0.05, 0.1) is 21.2 Å². The van der Waals surface area contributed by atoms with Crippen molar-refractivity contribution in [3.63, 3.8) is 0 Å². The van der Waals surface area contributed by atoms with Crippen molar-refractivity contribution in [3.05, 3.63) is 103 Å². The van der Waals surface area contributed by atoms with Crippen LogP contribution in [0.5, 0.6) is 5.75 Å². The second-order valence-corrected chi connectivity index (χ2v) is 11.7. The van der Waals surface area contributed by atoms with Crippen molar-refractivity contribution < 1.29 is 19.2 Å². The van der Waals surface area contributed by atoms with Gasteiger partial charge in [-0.3, -0.25) is 0 Å². The van der Waals surface area contributed by atoms with Gasteiger partial charge in [0.25, 0.3) is 0 Å². The fourth-order valence-corrected chi connectivity index (χ4v) is 6.47. The van der Waals surface area contributed by atoms with Gasteiger partial charge in [0, 0.05) is 16.5 Å². The fraction of sp³-hybridized carbons (Fsp3) is 0.290. The average molecular weight is 583 g/mol. The van der Waals surface area contributed by atoms with E-state index >= 15 is 0 Å². The molecular weight excluding hydrogens is 557 g/mol. The predicted octanol–water partition coefficient (Wildman–Crippen LogP) is 9.34. The SMILES string of the molecule is Cc1ccc(C2CC2c2ccc(OCc3c(-c4c(Cl)cccc4Cl)noc3C3CC3)cc2Cl)c(C)c1C(=O)O. The topological polar surface area (TPSA) is 72.6 Å². The van der Waals surface area contributed by atoms with Crippen molar-refractivity contribution in [2.45, 2.75) is 57.5 Å². The van der Waals surface area contributed by atoms with E-state index in [4.69, 9.17) is 44.1 Å². The maximum absolute atomic E-state index is 11.8. The molecule has 2 unspecified atom stereocenters. The summed E-state index contributed by atoms with van der Waals surface area (Å²) in [6, 6.07) is 15.1. The van der Waals surface area contributed by atoms with Gasteiger partial charge < -0.3 is 14.4 Å². The molecule has 1 N–H and O–H groups in total. The van der Waals surface area contributed by atoms with Gasteiger partial charge in [0.2, 0.25) is 0 Å². The van der Waals surface area contributed by atoms with E-state index in [2.05, 4.69) is 5.16 Å². The Hall–Kier alpha value is -2.99. The van der Waals surface area contributed by atoms with Crippen molar-refractivity contribution in [3.8, 4) is 17.0 Å². The highest BCUT2D eigenvalue weighted by atomic mass is 35.5. The average Bonchev–Trinajstić information content (AvgIpc) is 3.81. The molecule has 39 heavy (non-hydrogen) atoms. The summed E-state index contributed by atoms with van der Waals surface area (Å²) in [6.45, 7) is 3.97. The number of aromatic nitrogens is 1. The highest BCUT2D eigenvalue weighted by Gasteiger charge is 2.42. The third-order valence-electron chi connectivity index (χ3n) is 7.84. The fourth-order valence-electron chi connectivity index (χ4n) is 5.58. The zero-order valence-electron chi connectivity index (χ0n) is 21.4. The quantitative estimate of drug-likeness (QED) is 0.224. The zero-order valence-corrected chi connectivity index (χ0v) is 23.7. The van der Waals surface area contributed by atoms with Gasteiger partial charge >= 0.3 is 5.97 Å². The molecule has 2 aliphatic carbocycles. The van der Waals surface area contributed by atoms with Crippen LogP contribution in [0.15, 0.2) is 53.1 Å². The number of aryl methyl sites for hydroxylation is 1. The lowest BCUT2D eigenvalue weighted by Gasteiger charge is -2.13. The summed E-state index contributed by atoms with van der Waals surface area (Å²) in [6.07, 6.45) is 3.03. The summed E-state index contributed by atoms with van der Waals surface area (Å²) in [5, 5.41) is 15.6. The Kier molecular flexibility index (Phi) is 6.86. The number of nitrogens with zero attached hydrogens (tertiary/aromatic N) is 1. The molecule has 1 heterocycles. The molecule has 2 atom stereocenters. The number of aromatic carboxylic acids is 1. The summed E-state index contributed by atoms with van der Waals surface area (Å²) in [4.78, 5) is 11.8. The van der Waals surface area contributed by atoms with Crippen LogP contribution in [0.25, 0.3) is 11.3 Å². The molecule has 200 valence electrons. The second-order valence-electron chi connectivity index (χ2n) is 10.4. The van der Waals surface area contributed by atoms with Gasteiger partial charge in [-0.15, -0.1) is 0 Å². The number of halogens is 3. The van der Waals surface area contributed by atoms with E-state index in [1.165, 1.54) is 0 Å². The molecule has 3 aromatic carbocycles. The largest absolute Gasteiger partial charge is 0.489 e. The number of carboxylic acids is 1. The van der Waals surface area contributed by atoms with Gasteiger partial charge in [-0.25, -0.2) is 4.79 Å². The van der Waals surface area contributed by atoms with E-state index in [0.29, 0.717) is 43.6 Å². The molecule has 0 saturated heterocycles. The molecule has 5 nitrogen and oxygen atoms in total. The molecule has 0 spiro atoms.